The van der Waals surface area contributed by atoms with E-state index in [9.17, 15) is 0 Å². The van der Waals surface area contributed by atoms with Gasteiger partial charge in [-0.25, -0.2) is 4.98 Å². The van der Waals surface area contributed by atoms with Crippen molar-refractivity contribution in [2.24, 2.45) is 0 Å². The van der Waals surface area contributed by atoms with Crippen LogP contribution in [0.4, 0.5) is 5.95 Å². The van der Waals surface area contributed by atoms with Crippen LogP contribution in [-0.2, 0) is 0 Å². The second-order valence-electron chi connectivity index (χ2n) is 5.27. The zero-order chi connectivity index (χ0) is 12.7. The summed E-state index contributed by atoms with van der Waals surface area (Å²) in [5.41, 5.74) is 1.26. The van der Waals surface area contributed by atoms with E-state index < -0.39 is 0 Å². The molecule has 1 fully saturated rings. The Morgan fingerprint density at radius 2 is 2.11 bits per heavy atom. The van der Waals surface area contributed by atoms with Crippen molar-refractivity contribution in [2.45, 2.75) is 31.3 Å². The number of hydrogen-bond donors (Lipinski definition) is 1. The number of rotatable bonds is 3. The zero-order valence-corrected chi connectivity index (χ0v) is 10.7. The highest BCUT2D eigenvalue weighted by atomic mass is 16.5. The molecule has 2 heterocycles. The first-order valence-corrected chi connectivity index (χ1v) is 6.93. The fourth-order valence-electron chi connectivity index (χ4n) is 2.70. The monoisotopic (exact) mass is 255 g/mol. The Hall–Kier alpha value is -1.97. The van der Waals surface area contributed by atoms with Gasteiger partial charge in [0.25, 0.3) is 0 Å². The third-order valence-corrected chi connectivity index (χ3v) is 3.84. The van der Waals surface area contributed by atoms with Crippen LogP contribution in [0.3, 0.4) is 0 Å². The Kier molecular flexibility index (Phi) is 2.47. The SMILES string of the molecule is c1ccc2c(c1)OCCC2n1ccnc1NC1CC1. The van der Waals surface area contributed by atoms with Crippen LogP contribution in [0.1, 0.15) is 30.9 Å². The van der Waals surface area contributed by atoms with E-state index in [-0.39, 0.29) is 0 Å². The van der Waals surface area contributed by atoms with Crippen molar-refractivity contribution in [1.82, 2.24) is 9.55 Å². The van der Waals surface area contributed by atoms with Gasteiger partial charge in [0, 0.05) is 30.4 Å². The number of ether oxygens (including phenoxy) is 1. The fraction of sp³-hybridized carbons (Fsp3) is 0.400. The van der Waals surface area contributed by atoms with E-state index in [1.54, 1.807) is 0 Å². The summed E-state index contributed by atoms with van der Waals surface area (Å²) in [5, 5.41) is 3.50. The number of benzene rings is 1. The summed E-state index contributed by atoms with van der Waals surface area (Å²) in [4.78, 5) is 4.46. The number of nitrogens with zero attached hydrogens (tertiary/aromatic N) is 2. The second-order valence-corrected chi connectivity index (χ2v) is 5.27. The molecule has 19 heavy (non-hydrogen) atoms. The van der Waals surface area contributed by atoms with Crippen molar-refractivity contribution in [3.8, 4) is 5.75 Å². The van der Waals surface area contributed by atoms with Gasteiger partial charge in [0.05, 0.1) is 12.6 Å². The van der Waals surface area contributed by atoms with Crippen molar-refractivity contribution >= 4 is 5.95 Å². The molecular weight excluding hydrogens is 238 g/mol. The molecule has 0 radical (unpaired) electrons. The van der Waals surface area contributed by atoms with Crippen LogP contribution >= 0.6 is 0 Å². The topological polar surface area (TPSA) is 39.1 Å². The minimum Gasteiger partial charge on any atom is -0.493 e. The van der Waals surface area contributed by atoms with Gasteiger partial charge in [-0.15, -0.1) is 0 Å². The van der Waals surface area contributed by atoms with Crippen LogP contribution in [0.15, 0.2) is 36.7 Å². The molecule has 1 aromatic heterocycles. The molecule has 1 N–H and O–H groups in total. The van der Waals surface area contributed by atoms with Crippen LogP contribution in [0, 0.1) is 0 Å². The molecule has 98 valence electrons. The maximum Gasteiger partial charge on any atom is 0.203 e. The normalized spacial score (nSPS) is 21.6. The Bertz CT molecular complexity index is 589. The maximum absolute atomic E-state index is 5.73. The molecule has 0 saturated heterocycles. The molecule has 0 amide bonds. The minimum atomic E-state index is 0.327. The Labute approximate surface area is 112 Å². The summed E-state index contributed by atoms with van der Waals surface area (Å²) < 4.78 is 7.98. The van der Waals surface area contributed by atoms with E-state index in [1.165, 1.54) is 18.4 Å². The lowest BCUT2D eigenvalue weighted by Crippen LogP contribution is -2.21. The van der Waals surface area contributed by atoms with E-state index >= 15 is 0 Å². The highest BCUT2D eigenvalue weighted by Gasteiger charge is 2.27. The highest BCUT2D eigenvalue weighted by Crippen LogP contribution is 2.36. The van der Waals surface area contributed by atoms with Gasteiger partial charge in [-0.1, -0.05) is 18.2 Å². The summed E-state index contributed by atoms with van der Waals surface area (Å²) in [6.45, 7) is 0.767. The molecule has 4 heteroatoms. The number of anilines is 1. The number of para-hydroxylation sites is 1. The van der Waals surface area contributed by atoms with Crippen LogP contribution in [0.25, 0.3) is 0 Å². The van der Waals surface area contributed by atoms with Gasteiger partial charge in [0.15, 0.2) is 0 Å². The van der Waals surface area contributed by atoms with Gasteiger partial charge in [-0.05, 0) is 18.9 Å². The Morgan fingerprint density at radius 1 is 1.21 bits per heavy atom. The molecule has 1 aromatic carbocycles. The number of aromatic nitrogens is 2. The summed E-state index contributed by atoms with van der Waals surface area (Å²) >= 11 is 0. The lowest BCUT2D eigenvalue weighted by molar-refractivity contribution is 0.257. The lowest BCUT2D eigenvalue weighted by atomic mass is 10.0. The predicted molar refractivity (Wildman–Crippen MR) is 73.6 cm³/mol. The number of hydrogen-bond acceptors (Lipinski definition) is 3. The zero-order valence-electron chi connectivity index (χ0n) is 10.7. The molecule has 0 bridgehead atoms. The van der Waals surface area contributed by atoms with Crippen molar-refractivity contribution in [2.75, 3.05) is 11.9 Å². The molecule has 1 saturated carbocycles. The Balaban J connectivity index is 1.71. The van der Waals surface area contributed by atoms with Crippen LogP contribution in [0.5, 0.6) is 5.75 Å². The first-order valence-electron chi connectivity index (χ1n) is 6.93. The summed E-state index contributed by atoms with van der Waals surface area (Å²) in [6.07, 6.45) is 7.46. The van der Waals surface area contributed by atoms with Crippen molar-refractivity contribution < 1.29 is 4.74 Å². The van der Waals surface area contributed by atoms with Gasteiger partial charge < -0.3 is 14.6 Å². The Morgan fingerprint density at radius 3 is 3.00 bits per heavy atom. The van der Waals surface area contributed by atoms with E-state index in [4.69, 9.17) is 4.74 Å². The highest BCUT2D eigenvalue weighted by molar-refractivity contribution is 5.41. The van der Waals surface area contributed by atoms with Gasteiger partial charge in [-0.2, -0.15) is 0 Å². The van der Waals surface area contributed by atoms with Gasteiger partial charge in [-0.3, -0.25) is 0 Å². The molecule has 1 atom stereocenters. The average Bonchev–Trinajstić information content (AvgIpc) is 3.15. The molecule has 1 unspecified atom stereocenters. The first-order chi connectivity index (χ1) is 9.42. The average molecular weight is 255 g/mol. The molecular formula is C15H17N3O. The quantitative estimate of drug-likeness (QED) is 0.916. The standard InChI is InChI=1S/C15H17N3O/c1-2-4-14-12(3-1)13(7-10-19-14)18-9-8-16-15(18)17-11-5-6-11/h1-4,8-9,11,13H,5-7,10H2,(H,16,17). The van der Waals surface area contributed by atoms with Gasteiger partial charge in [0.2, 0.25) is 5.95 Å². The number of imidazole rings is 1. The van der Waals surface area contributed by atoms with Crippen molar-refractivity contribution in [1.29, 1.82) is 0 Å². The van der Waals surface area contributed by atoms with E-state index in [2.05, 4.69) is 33.2 Å². The largest absolute Gasteiger partial charge is 0.493 e. The molecule has 4 nitrogen and oxygen atoms in total. The van der Waals surface area contributed by atoms with E-state index in [0.29, 0.717) is 12.1 Å². The van der Waals surface area contributed by atoms with Crippen LogP contribution < -0.4 is 10.1 Å². The van der Waals surface area contributed by atoms with Gasteiger partial charge >= 0.3 is 0 Å². The fourth-order valence-corrected chi connectivity index (χ4v) is 2.70. The first kappa shape index (κ1) is 10.9. The molecule has 1 aliphatic carbocycles. The van der Waals surface area contributed by atoms with Crippen molar-refractivity contribution in [3.63, 3.8) is 0 Å². The molecule has 2 aliphatic rings. The van der Waals surface area contributed by atoms with E-state index in [0.717, 1.165) is 24.7 Å². The smallest absolute Gasteiger partial charge is 0.203 e. The van der Waals surface area contributed by atoms with Crippen LogP contribution in [0.2, 0.25) is 0 Å². The molecule has 1 aliphatic heterocycles. The molecule has 4 rings (SSSR count). The number of nitrogens with one attached hydrogen (secondary N) is 1. The summed E-state index contributed by atoms with van der Waals surface area (Å²) in [6, 6.07) is 9.25. The summed E-state index contributed by atoms with van der Waals surface area (Å²) in [7, 11) is 0. The van der Waals surface area contributed by atoms with Crippen molar-refractivity contribution in [3.05, 3.63) is 42.2 Å². The molecule has 0 spiro atoms. The molecule has 2 aromatic rings. The van der Waals surface area contributed by atoms with Gasteiger partial charge in [0.1, 0.15) is 5.75 Å². The third-order valence-electron chi connectivity index (χ3n) is 3.84. The summed E-state index contributed by atoms with van der Waals surface area (Å²) in [5.74, 6) is 1.99. The van der Waals surface area contributed by atoms with E-state index in [1.807, 2.05) is 18.3 Å². The maximum atomic E-state index is 5.73. The number of fused-ring (bicyclic) bond motifs is 1. The van der Waals surface area contributed by atoms with Crippen LogP contribution in [-0.4, -0.2) is 22.2 Å². The lowest BCUT2D eigenvalue weighted by Gasteiger charge is -2.28. The minimum absolute atomic E-state index is 0.327. The predicted octanol–water partition coefficient (Wildman–Crippen LogP) is 2.83. The second kappa shape index (κ2) is 4.30. The third kappa shape index (κ3) is 1.97.